The Hall–Kier alpha value is -4.07. The van der Waals surface area contributed by atoms with Crippen LogP contribution in [-0.4, -0.2) is 36.2 Å². The number of nitrogens with zero attached hydrogens (tertiary/aromatic N) is 5. The molecule has 4 aromatic rings. The summed E-state index contributed by atoms with van der Waals surface area (Å²) in [5.74, 6) is 0.0168. The summed E-state index contributed by atoms with van der Waals surface area (Å²) < 4.78 is 1.51. The van der Waals surface area contributed by atoms with Crippen molar-refractivity contribution >= 4 is 34.6 Å². The summed E-state index contributed by atoms with van der Waals surface area (Å²) in [7, 11) is 0. The molecule has 2 aromatic carbocycles. The molecule has 2 N–H and O–H groups in total. The molecule has 0 aliphatic heterocycles. The minimum atomic E-state index is -0.130. The number of hydrogen-bond acceptors (Lipinski definition) is 6. The molecule has 4 rings (SSSR count). The first-order chi connectivity index (χ1) is 14.2. The maximum atomic E-state index is 12.3. The molecule has 8 nitrogen and oxygen atoms in total. The average Bonchev–Trinajstić information content (AvgIpc) is 3.26. The SMILES string of the molecule is O=C(CCn1cnnn1)Nc1ccccc1C=Cc1ccc2cccc(O)c2n1. The molecule has 0 aliphatic carbocycles. The normalized spacial score (nSPS) is 11.2. The van der Waals surface area contributed by atoms with E-state index in [0.29, 0.717) is 23.4 Å². The number of benzene rings is 2. The van der Waals surface area contributed by atoms with E-state index in [-0.39, 0.29) is 18.1 Å². The van der Waals surface area contributed by atoms with E-state index in [2.05, 4.69) is 25.8 Å². The monoisotopic (exact) mass is 386 g/mol. The zero-order valence-electron chi connectivity index (χ0n) is 15.4. The summed E-state index contributed by atoms with van der Waals surface area (Å²) in [6.45, 7) is 0.404. The topological polar surface area (TPSA) is 106 Å². The smallest absolute Gasteiger partial charge is 0.226 e. The van der Waals surface area contributed by atoms with Crippen molar-refractivity contribution < 1.29 is 9.90 Å². The van der Waals surface area contributed by atoms with Crippen LogP contribution in [0, 0.1) is 0 Å². The minimum absolute atomic E-state index is 0.130. The number of hydrogen-bond donors (Lipinski definition) is 2. The molecule has 2 aromatic heterocycles. The van der Waals surface area contributed by atoms with Gasteiger partial charge in [0.25, 0.3) is 0 Å². The fraction of sp³-hybridized carbons (Fsp3) is 0.0952. The van der Waals surface area contributed by atoms with E-state index < -0.39 is 0 Å². The number of phenolic OH excluding ortho intramolecular Hbond substituents is 1. The number of phenols is 1. The lowest BCUT2D eigenvalue weighted by molar-refractivity contribution is -0.116. The molecule has 0 saturated carbocycles. The summed E-state index contributed by atoms with van der Waals surface area (Å²) in [5.41, 5.74) is 2.81. The second-order valence-electron chi connectivity index (χ2n) is 6.38. The molecule has 144 valence electrons. The predicted octanol–water partition coefficient (Wildman–Crippen LogP) is 3.13. The Morgan fingerprint density at radius 1 is 1.07 bits per heavy atom. The predicted molar refractivity (Wildman–Crippen MR) is 110 cm³/mol. The Morgan fingerprint density at radius 2 is 1.97 bits per heavy atom. The van der Waals surface area contributed by atoms with Crippen LogP contribution in [0.5, 0.6) is 5.75 Å². The molecular weight excluding hydrogens is 368 g/mol. The van der Waals surface area contributed by atoms with E-state index in [1.165, 1.54) is 11.0 Å². The molecule has 0 atom stereocenters. The number of nitrogens with one attached hydrogen (secondary N) is 1. The highest BCUT2D eigenvalue weighted by atomic mass is 16.3. The highest BCUT2D eigenvalue weighted by Gasteiger charge is 2.06. The van der Waals surface area contributed by atoms with Gasteiger partial charge < -0.3 is 10.4 Å². The zero-order chi connectivity index (χ0) is 20.1. The lowest BCUT2D eigenvalue weighted by Gasteiger charge is -2.08. The van der Waals surface area contributed by atoms with Gasteiger partial charge in [-0.1, -0.05) is 42.5 Å². The number of amides is 1. The largest absolute Gasteiger partial charge is 0.506 e. The molecule has 2 heterocycles. The highest BCUT2D eigenvalue weighted by Crippen LogP contribution is 2.23. The Morgan fingerprint density at radius 3 is 2.83 bits per heavy atom. The first-order valence-electron chi connectivity index (χ1n) is 9.05. The van der Waals surface area contributed by atoms with Crippen LogP contribution in [0.3, 0.4) is 0 Å². The van der Waals surface area contributed by atoms with Crippen molar-refractivity contribution in [1.82, 2.24) is 25.2 Å². The summed E-state index contributed by atoms with van der Waals surface area (Å²) in [6, 6.07) is 16.6. The number of tetrazole rings is 1. The van der Waals surface area contributed by atoms with E-state index in [9.17, 15) is 9.90 Å². The van der Waals surface area contributed by atoms with Crippen molar-refractivity contribution in [2.75, 3.05) is 5.32 Å². The van der Waals surface area contributed by atoms with Gasteiger partial charge in [-0.3, -0.25) is 4.79 Å². The first-order valence-corrected chi connectivity index (χ1v) is 9.05. The summed E-state index contributed by atoms with van der Waals surface area (Å²) >= 11 is 0. The van der Waals surface area contributed by atoms with Gasteiger partial charge in [-0.15, -0.1) is 5.10 Å². The van der Waals surface area contributed by atoms with Crippen LogP contribution in [0.4, 0.5) is 5.69 Å². The molecule has 29 heavy (non-hydrogen) atoms. The van der Waals surface area contributed by atoms with Crippen molar-refractivity contribution in [3.8, 4) is 5.75 Å². The Bertz CT molecular complexity index is 1170. The first kappa shape index (κ1) is 18.3. The number of carbonyl (C=O) groups excluding carboxylic acids is 1. The number of aromatic nitrogens is 5. The lowest BCUT2D eigenvalue weighted by Crippen LogP contribution is -2.15. The number of pyridine rings is 1. The average molecular weight is 386 g/mol. The van der Waals surface area contributed by atoms with E-state index in [4.69, 9.17) is 0 Å². The van der Waals surface area contributed by atoms with Crippen LogP contribution in [0.2, 0.25) is 0 Å². The third-order valence-electron chi connectivity index (χ3n) is 4.35. The number of fused-ring (bicyclic) bond motifs is 1. The van der Waals surface area contributed by atoms with Gasteiger partial charge in [0.05, 0.1) is 12.2 Å². The van der Waals surface area contributed by atoms with Gasteiger partial charge in [0.2, 0.25) is 5.91 Å². The van der Waals surface area contributed by atoms with E-state index in [1.807, 2.05) is 54.6 Å². The fourth-order valence-electron chi connectivity index (χ4n) is 2.88. The minimum Gasteiger partial charge on any atom is -0.506 e. The van der Waals surface area contributed by atoms with E-state index in [1.54, 1.807) is 12.1 Å². The van der Waals surface area contributed by atoms with Gasteiger partial charge in [0, 0.05) is 17.5 Å². The number of anilines is 1. The molecule has 0 spiro atoms. The molecule has 0 fully saturated rings. The van der Waals surface area contributed by atoms with Crippen molar-refractivity contribution in [2.45, 2.75) is 13.0 Å². The van der Waals surface area contributed by atoms with Crippen molar-refractivity contribution in [1.29, 1.82) is 0 Å². The van der Waals surface area contributed by atoms with Crippen LogP contribution in [0.25, 0.3) is 23.1 Å². The van der Waals surface area contributed by atoms with Gasteiger partial charge >= 0.3 is 0 Å². The third-order valence-corrected chi connectivity index (χ3v) is 4.35. The van der Waals surface area contributed by atoms with Gasteiger partial charge in [-0.2, -0.15) is 0 Å². The Kier molecular flexibility index (Phi) is 5.24. The van der Waals surface area contributed by atoms with Crippen molar-refractivity contribution in [3.05, 3.63) is 72.2 Å². The molecule has 0 bridgehead atoms. The third kappa shape index (κ3) is 4.44. The maximum Gasteiger partial charge on any atom is 0.226 e. The molecule has 0 radical (unpaired) electrons. The van der Waals surface area contributed by atoms with Crippen LogP contribution < -0.4 is 5.32 Å². The van der Waals surface area contributed by atoms with Gasteiger partial charge in [0.15, 0.2) is 0 Å². The summed E-state index contributed by atoms with van der Waals surface area (Å²) in [4.78, 5) is 16.8. The van der Waals surface area contributed by atoms with Gasteiger partial charge in [-0.25, -0.2) is 9.67 Å². The molecule has 0 saturated heterocycles. The highest BCUT2D eigenvalue weighted by molar-refractivity contribution is 5.94. The molecule has 0 unspecified atom stereocenters. The molecule has 0 aliphatic rings. The quantitative estimate of drug-likeness (QED) is 0.527. The lowest BCUT2D eigenvalue weighted by atomic mass is 10.1. The second kappa shape index (κ2) is 8.30. The molecule has 8 heteroatoms. The summed E-state index contributed by atoms with van der Waals surface area (Å²) in [5, 5.41) is 24.6. The number of aryl methyl sites for hydroxylation is 1. The fourth-order valence-corrected chi connectivity index (χ4v) is 2.88. The van der Waals surface area contributed by atoms with Crippen LogP contribution in [0.15, 0.2) is 60.9 Å². The number of aromatic hydroxyl groups is 1. The van der Waals surface area contributed by atoms with Crippen LogP contribution >= 0.6 is 0 Å². The van der Waals surface area contributed by atoms with E-state index in [0.717, 1.165) is 10.9 Å². The molecular formula is C21H18N6O2. The standard InChI is InChI=1S/C21H18N6O2/c28-19-7-3-5-16-9-11-17(23-21(16)19)10-8-15-4-1-2-6-18(15)24-20(29)12-13-27-14-22-25-26-27/h1-11,14,28H,12-13H2,(H,24,29). The maximum absolute atomic E-state index is 12.3. The van der Waals surface area contributed by atoms with Crippen LogP contribution in [0.1, 0.15) is 17.7 Å². The number of carbonyl (C=O) groups is 1. The van der Waals surface area contributed by atoms with Gasteiger partial charge in [0.1, 0.15) is 17.6 Å². The zero-order valence-corrected chi connectivity index (χ0v) is 15.4. The molecule has 1 amide bonds. The number of rotatable bonds is 6. The van der Waals surface area contributed by atoms with Crippen LogP contribution in [-0.2, 0) is 11.3 Å². The van der Waals surface area contributed by atoms with Crippen molar-refractivity contribution in [3.63, 3.8) is 0 Å². The van der Waals surface area contributed by atoms with Gasteiger partial charge in [-0.05, 0) is 40.3 Å². The number of para-hydroxylation sites is 2. The van der Waals surface area contributed by atoms with E-state index >= 15 is 0 Å². The Balaban J connectivity index is 1.49. The Labute approximate surface area is 166 Å². The second-order valence-corrected chi connectivity index (χ2v) is 6.38. The summed E-state index contributed by atoms with van der Waals surface area (Å²) in [6.07, 6.45) is 5.45. The van der Waals surface area contributed by atoms with Crippen molar-refractivity contribution in [2.24, 2.45) is 0 Å².